The number of hydrazine groups is 1. The molecule has 10 nitrogen and oxygen atoms in total. The minimum Gasteiger partial charge on any atom is -0.481 e. The molecule has 3 atom stereocenters. The third kappa shape index (κ3) is 5.01. The van der Waals surface area contributed by atoms with Gasteiger partial charge in [-0.1, -0.05) is 42.5 Å². The molecular formula is C25H28FN5O5. The lowest BCUT2D eigenvalue weighted by molar-refractivity contribution is -0.190. The van der Waals surface area contributed by atoms with Crippen LogP contribution in [0.25, 0.3) is 0 Å². The van der Waals surface area contributed by atoms with Crippen molar-refractivity contribution >= 4 is 23.8 Å². The third-order valence-corrected chi connectivity index (χ3v) is 6.57. The number of carboxylic acids is 1. The van der Waals surface area contributed by atoms with E-state index in [1.807, 2.05) is 37.3 Å². The molecule has 4 amide bonds. The molecular weight excluding hydrogens is 469 g/mol. The molecule has 11 heteroatoms. The van der Waals surface area contributed by atoms with E-state index in [0.717, 1.165) is 5.56 Å². The average molecular weight is 498 g/mol. The number of likely N-dealkylation sites (N-methyl/N-ethyl adjacent to an activating group) is 1. The lowest BCUT2D eigenvalue weighted by Gasteiger charge is -2.55. The van der Waals surface area contributed by atoms with Gasteiger partial charge < -0.3 is 20.2 Å². The topological polar surface area (TPSA) is 114 Å². The van der Waals surface area contributed by atoms with E-state index in [0.29, 0.717) is 5.56 Å². The summed E-state index contributed by atoms with van der Waals surface area (Å²) in [5.74, 6) is -2.52. The van der Waals surface area contributed by atoms with E-state index in [4.69, 9.17) is 0 Å². The van der Waals surface area contributed by atoms with Gasteiger partial charge in [0.2, 0.25) is 11.8 Å². The van der Waals surface area contributed by atoms with Gasteiger partial charge in [0.15, 0.2) is 0 Å². The number of hydrogen-bond donors (Lipinski definition) is 2. The number of carbonyl (C=O) groups is 4. The van der Waals surface area contributed by atoms with Crippen LogP contribution >= 0.6 is 0 Å². The normalized spacial score (nSPS) is 21.2. The molecule has 0 bridgehead atoms. The second-order valence-corrected chi connectivity index (χ2v) is 8.92. The van der Waals surface area contributed by atoms with Crippen LogP contribution in [-0.4, -0.2) is 81.1 Å². The molecule has 2 aromatic carbocycles. The number of carboxylic acid groups (broad SMARTS) is 1. The summed E-state index contributed by atoms with van der Waals surface area (Å²) < 4.78 is 13.2. The zero-order valence-electron chi connectivity index (χ0n) is 20.0. The van der Waals surface area contributed by atoms with Gasteiger partial charge in [0.05, 0.1) is 25.6 Å². The maximum atomic E-state index is 13.5. The van der Waals surface area contributed by atoms with Crippen molar-refractivity contribution in [3.63, 3.8) is 0 Å². The molecule has 0 saturated carbocycles. The highest BCUT2D eigenvalue weighted by Crippen LogP contribution is 2.32. The molecule has 0 radical (unpaired) electrons. The summed E-state index contributed by atoms with van der Waals surface area (Å²) in [5, 5.41) is 15.1. The average Bonchev–Trinajstić information content (AvgIpc) is 2.85. The Morgan fingerprint density at radius 3 is 2.42 bits per heavy atom. The SMILES string of the molecule is C[C@H](c1ccccc1)N1C[C@H]2N(C(=O)CN(C)N2C(=O)NCc2ccc(F)cc2)[C@@H](CC(=O)O)C1=O. The number of rotatable bonds is 6. The Morgan fingerprint density at radius 1 is 1.11 bits per heavy atom. The van der Waals surface area contributed by atoms with E-state index in [2.05, 4.69) is 5.32 Å². The number of halogens is 1. The number of nitrogens with one attached hydrogen (secondary N) is 1. The number of piperazine rings is 1. The summed E-state index contributed by atoms with van der Waals surface area (Å²) in [6, 6.07) is 12.8. The van der Waals surface area contributed by atoms with Crippen LogP contribution in [-0.2, 0) is 20.9 Å². The Hall–Kier alpha value is -3.99. The first-order valence-electron chi connectivity index (χ1n) is 11.6. The summed E-state index contributed by atoms with van der Waals surface area (Å²) in [6.07, 6.45) is -1.48. The number of urea groups is 1. The van der Waals surface area contributed by atoms with Crippen LogP contribution in [0.15, 0.2) is 54.6 Å². The molecule has 0 aliphatic carbocycles. The minimum atomic E-state index is -1.25. The van der Waals surface area contributed by atoms with E-state index in [9.17, 15) is 28.7 Å². The molecule has 36 heavy (non-hydrogen) atoms. The second kappa shape index (κ2) is 10.3. The molecule has 0 unspecified atom stereocenters. The Kier molecular flexibility index (Phi) is 7.20. The summed E-state index contributed by atoms with van der Waals surface area (Å²) in [4.78, 5) is 54.2. The molecule has 2 aliphatic rings. The fraction of sp³-hybridized carbons (Fsp3) is 0.360. The van der Waals surface area contributed by atoms with Gasteiger partial charge in [-0.2, -0.15) is 0 Å². The molecule has 2 N–H and O–H groups in total. The molecule has 2 saturated heterocycles. The van der Waals surface area contributed by atoms with Gasteiger partial charge in [-0.15, -0.1) is 0 Å². The smallest absolute Gasteiger partial charge is 0.334 e. The quantitative estimate of drug-likeness (QED) is 0.629. The Bertz CT molecular complexity index is 1150. The Labute approximate surface area is 207 Å². The number of carbonyl (C=O) groups excluding carboxylic acids is 3. The van der Waals surface area contributed by atoms with Crippen molar-refractivity contribution < 1.29 is 28.7 Å². The van der Waals surface area contributed by atoms with Gasteiger partial charge in [-0.25, -0.2) is 19.2 Å². The van der Waals surface area contributed by atoms with E-state index in [1.54, 1.807) is 19.2 Å². The first kappa shape index (κ1) is 25.1. The van der Waals surface area contributed by atoms with Crippen LogP contribution in [0, 0.1) is 5.82 Å². The number of aliphatic carboxylic acids is 1. The van der Waals surface area contributed by atoms with E-state index >= 15 is 0 Å². The fourth-order valence-corrected chi connectivity index (χ4v) is 4.75. The van der Waals surface area contributed by atoms with Gasteiger partial charge >= 0.3 is 12.0 Å². The fourth-order valence-electron chi connectivity index (χ4n) is 4.75. The predicted octanol–water partition coefficient (Wildman–Crippen LogP) is 1.80. The largest absolute Gasteiger partial charge is 0.481 e. The standard InChI is InChI=1S/C25H28FN5O5/c1-16(18-6-4-3-5-7-18)29-14-21-30(20(24(29)35)12-23(33)34)22(32)15-28(2)31(21)25(36)27-13-17-8-10-19(26)11-9-17/h3-11,16,20-21H,12-15H2,1-2H3,(H,27,36)(H,33,34)/t16-,20+,21+/m1/s1. The summed E-state index contributed by atoms with van der Waals surface area (Å²) in [5.41, 5.74) is 1.52. The van der Waals surface area contributed by atoms with Gasteiger partial charge in [-0.3, -0.25) is 14.4 Å². The van der Waals surface area contributed by atoms with Crippen molar-refractivity contribution in [2.45, 2.75) is 38.1 Å². The van der Waals surface area contributed by atoms with Gasteiger partial charge in [0, 0.05) is 13.6 Å². The second-order valence-electron chi connectivity index (χ2n) is 8.92. The van der Waals surface area contributed by atoms with E-state index < -0.39 is 48.5 Å². The van der Waals surface area contributed by atoms with Crippen molar-refractivity contribution in [1.82, 2.24) is 25.1 Å². The highest BCUT2D eigenvalue weighted by atomic mass is 19.1. The first-order valence-corrected chi connectivity index (χ1v) is 11.6. The van der Waals surface area contributed by atoms with Crippen molar-refractivity contribution in [3.05, 3.63) is 71.5 Å². The molecule has 2 aliphatic heterocycles. The monoisotopic (exact) mass is 497 g/mol. The molecule has 190 valence electrons. The Morgan fingerprint density at radius 2 is 1.78 bits per heavy atom. The number of amides is 4. The van der Waals surface area contributed by atoms with Crippen molar-refractivity contribution in [1.29, 1.82) is 0 Å². The lowest BCUT2D eigenvalue weighted by atomic mass is 9.99. The van der Waals surface area contributed by atoms with Crippen LogP contribution < -0.4 is 5.32 Å². The van der Waals surface area contributed by atoms with Crippen LogP contribution in [0.4, 0.5) is 9.18 Å². The predicted molar refractivity (Wildman–Crippen MR) is 126 cm³/mol. The zero-order valence-corrected chi connectivity index (χ0v) is 20.0. The van der Waals surface area contributed by atoms with Crippen molar-refractivity contribution in [2.24, 2.45) is 0 Å². The van der Waals surface area contributed by atoms with E-state index in [-0.39, 0.29) is 25.5 Å². The van der Waals surface area contributed by atoms with Crippen molar-refractivity contribution in [3.8, 4) is 0 Å². The van der Waals surface area contributed by atoms with Gasteiger partial charge in [0.25, 0.3) is 0 Å². The van der Waals surface area contributed by atoms with Gasteiger partial charge in [-0.05, 0) is 30.2 Å². The van der Waals surface area contributed by atoms with E-state index in [1.165, 1.54) is 32.0 Å². The maximum absolute atomic E-state index is 13.5. The molecule has 2 heterocycles. The first-order chi connectivity index (χ1) is 17.2. The summed E-state index contributed by atoms with van der Waals surface area (Å²) in [6.45, 7) is 1.75. The highest BCUT2D eigenvalue weighted by Gasteiger charge is 2.52. The minimum absolute atomic E-state index is 0.00502. The number of hydrogen-bond acceptors (Lipinski definition) is 5. The van der Waals surface area contributed by atoms with Crippen molar-refractivity contribution in [2.75, 3.05) is 20.1 Å². The Balaban J connectivity index is 1.64. The third-order valence-electron chi connectivity index (χ3n) is 6.57. The number of benzene rings is 2. The molecule has 4 rings (SSSR count). The lowest BCUT2D eigenvalue weighted by Crippen LogP contribution is -2.76. The molecule has 2 fully saturated rings. The molecule has 2 aromatic rings. The van der Waals surface area contributed by atoms with Gasteiger partial charge in [0.1, 0.15) is 18.0 Å². The summed E-state index contributed by atoms with van der Waals surface area (Å²) >= 11 is 0. The van der Waals surface area contributed by atoms with Crippen LogP contribution in [0.3, 0.4) is 0 Å². The number of fused-ring (bicyclic) bond motifs is 1. The molecule has 0 aromatic heterocycles. The summed E-state index contributed by atoms with van der Waals surface area (Å²) in [7, 11) is 1.58. The zero-order chi connectivity index (χ0) is 26.0. The van der Waals surface area contributed by atoms with Crippen LogP contribution in [0.1, 0.15) is 30.5 Å². The molecule has 0 spiro atoms. The number of nitrogens with zero attached hydrogens (tertiary/aromatic N) is 4. The van der Waals surface area contributed by atoms with Crippen LogP contribution in [0.2, 0.25) is 0 Å². The maximum Gasteiger partial charge on any atom is 0.334 e. The highest BCUT2D eigenvalue weighted by molar-refractivity contribution is 5.93. The van der Waals surface area contributed by atoms with Crippen LogP contribution in [0.5, 0.6) is 0 Å².